The van der Waals surface area contributed by atoms with E-state index in [-0.39, 0.29) is 18.0 Å². The van der Waals surface area contributed by atoms with Gasteiger partial charge in [0.1, 0.15) is 29.1 Å². The summed E-state index contributed by atoms with van der Waals surface area (Å²) < 4.78 is 20.5. The Balaban J connectivity index is 1.38. The first-order valence-corrected chi connectivity index (χ1v) is 13.2. The molecule has 0 saturated carbocycles. The molecule has 6 rings (SSSR count). The van der Waals surface area contributed by atoms with Crippen LogP contribution in [0, 0.1) is 11.7 Å². The predicted molar refractivity (Wildman–Crippen MR) is 138 cm³/mol. The van der Waals surface area contributed by atoms with Gasteiger partial charge in [-0.1, -0.05) is 23.1 Å². The summed E-state index contributed by atoms with van der Waals surface area (Å²) in [6.07, 6.45) is 1.45. The van der Waals surface area contributed by atoms with Gasteiger partial charge in [-0.15, -0.1) is 0 Å². The van der Waals surface area contributed by atoms with E-state index in [4.69, 9.17) is 4.42 Å². The summed E-state index contributed by atoms with van der Waals surface area (Å²) in [7, 11) is 0. The minimum Gasteiger partial charge on any atom is -0.508 e. The third-order valence-corrected chi connectivity index (χ3v) is 9.04. The number of amides is 3. The van der Waals surface area contributed by atoms with Crippen molar-refractivity contribution >= 4 is 52.2 Å². The van der Waals surface area contributed by atoms with Gasteiger partial charge >= 0.3 is 4.87 Å². The Kier molecular flexibility index (Phi) is 5.92. The van der Waals surface area contributed by atoms with Gasteiger partial charge in [-0.25, -0.2) is 9.29 Å². The SMILES string of the molecule is O=C(Cn1c2c(sc1=O)[C@H](c1ccco1)C1C(=O)N(c3ccc(F)cc3)C(=O)C1S2)Nc1ccc(O)cc1. The van der Waals surface area contributed by atoms with Crippen molar-refractivity contribution in [2.75, 3.05) is 10.2 Å². The Morgan fingerprint density at radius 2 is 1.76 bits per heavy atom. The van der Waals surface area contributed by atoms with Crippen LogP contribution >= 0.6 is 23.1 Å². The van der Waals surface area contributed by atoms with E-state index in [1.807, 2.05) is 0 Å². The number of rotatable bonds is 5. The first-order valence-electron chi connectivity index (χ1n) is 11.5. The lowest BCUT2D eigenvalue weighted by atomic mass is 9.87. The van der Waals surface area contributed by atoms with Crippen molar-refractivity contribution in [1.82, 2.24) is 4.57 Å². The lowest BCUT2D eigenvalue weighted by Crippen LogP contribution is -2.32. The lowest BCUT2D eigenvalue weighted by Gasteiger charge is -2.29. The molecule has 12 heteroatoms. The van der Waals surface area contributed by atoms with E-state index in [1.165, 1.54) is 59.4 Å². The Morgan fingerprint density at radius 1 is 1.03 bits per heavy atom. The normalized spacial score (nSPS) is 20.3. The predicted octanol–water partition coefficient (Wildman–Crippen LogP) is 3.78. The summed E-state index contributed by atoms with van der Waals surface area (Å²) in [5, 5.41) is 11.7. The van der Waals surface area contributed by atoms with E-state index in [9.17, 15) is 28.7 Å². The van der Waals surface area contributed by atoms with Crippen LogP contribution in [0.3, 0.4) is 0 Å². The summed E-state index contributed by atoms with van der Waals surface area (Å²) in [5.41, 5.74) is 0.696. The smallest absolute Gasteiger partial charge is 0.308 e. The molecular formula is C26H18FN3O6S2. The summed E-state index contributed by atoms with van der Waals surface area (Å²) in [6.45, 7) is -0.315. The maximum Gasteiger partial charge on any atom is 0.308 e. The number of thiazole rings is 1. The van der Waals surface area contributed by atoms with Crippen LogP contribution in [0.15, 0.2) is 81.2 Å². The summed E-state index contributed by atoms with van der Waals surface area (Å²) in [4.78, 5) is 54.2. The van der Waals surface area contributed by atoms with Crippen molar-refractivity contribution in [2.24, 2.45) is 5.92 Å². The van der Waals surface area contributed by atoms with Gasteiger partial charge in [-0.3, -0.25) is 23.7 Å². The van der Waals surface area contributed by atoms with Crippen LogP contribution < -0.4 is 15.1 Å². The van der Waals surface area contributed by atoms with Gasteiger partial charge < -0.3 is 14.8 Å². The Morgan fingerprint density at radius 3 is 2.45 bits per heavy atom. The number of nitrogens with one attached hydrogen (secondary N) is 1. The van der Waals surface area contributed by atoms with Crippen molar-refractivity contribution in [1.29, 1.82) is 0 Å². The van der Waals surface area contributed by atoms with E-state index in [1.54, 1.807) is 12.1 Å². The topological polar surface area (TPSA) is 122 Å². The van der Waals surface area contributed by atoms with Crippen LogP contribution in [0.1, 0.15) is 16.6 Å². The minimum absolute atomic E-state index is 0.0477. The maximum atomic E-state index is 13.6. The molecule has 38 heavy (non-hydrogen) atoms. The van der Waals surface area contributed by atoms with Crippen molar-refractivity contribution < 1.29 is 28.3 Å². The zero-order chi connectivity index (χ0) is 26.6. The number of anilines is 2. The number of aromatic hydroxyl groups is 1. The van der Waals surface area contributed by atoms with Gasteiger partial charge in [0.05, 0.1) is 33.7 Å². The first-order chi connectivity index (χ1) is 18.3. The van der Waals surface area contributed by atoms with Gasteiger partial charge in [0, 0.05) is 5.69 Å². The minimum atomic E-state index is -0.879. The number of fused-ring (bicyclic) bond motifs is 2. The molecule has 0 spiro atoms. The van der Waals surface area contributed by atoms with Gasteiger partial charge in [0.25, 0.3) is 0 Å². The average molecular weight is 552 g/mol. The molecule has 2 aromatic carbocycles. The fraction of sp³-hybridized carbons (Fsp3) is 0.154. The van der Waals surface area contributed by atoms with E-state index < -0.39 is 45.5 Å². The van der Waals surface area contributed by atoms with E-state index >= 15 is 0 Å². The van der Waals surface area contributed by atoms with Crippen molar-refractivity contribution in [3.8, 4) is 5.75 Å². The third-order valence-electron chi connectivity index (χ3n) is 6.44. The summed E-state index contributed by atoms with van der Waals surface area (Å²) >= 11 is 1.98. The highest BCUT2D eigenvalue weighted by atomic mass is 32.2. The number of nitrogens with zero attached hydrogens (tertiary/aromatic N) is 2. The molecule has 1 fully saturated rings. The molecule has 1 saturated heterocycles. The van der Waals surface area contributed by atoms with Crippen LogP contribution in [0.5, 0.6) is 5.75 Å². The van der Waals surface area contributed by atoms with Crippen molar-refractivity contribution in [3.63, 3.8) is 0 Å². The van der Waals surface area contributed by atoms with E-state index in [2.05, 4.69) is 5.32 Å². The standard InChI is InChI=1S/C26H18FN3O6S2/c27-13-3-7-15(8-4-13)30-23(33)20-19(17-2-1-11-36-17)22-25(37-21(20)24(30)34)29(26(35)38-22)12-18(32)28-14-5-9-16(31)10-6-14/h1-11,19-21,31H,12H2,(H,28,32)/t19-,20?,21?/m1/s1. The van der Waals surface area contributed by atoms with Crippen LogP contribution in [0.2, 0.25) is 0 Å². The third kappa shape index (κ3) is 4.02. The molecule has 0 radical (unpaired) electrons. The zero-order valence-electron chi connectivity index (χ0n) is 19.4. The number of thioether (sulfide) groups is 1. The molecule has 3 amide bonds. The molecule has 3 atom stereocenters. The number of hydrogen-bond donors (Lipinski definition) is 2. The van der Waals surface area contributed by atoms with E-state index in [0.29, 0.717) is 21.4 Å². The molecule has 2 N–H and O–H groups in total. The molecule has 2 aliphatic rings. The molecule has 192 valence electrons. The second-order valence-corrected chi connectivity index (χ2v) is 10.9. The van der Waals surface area contributed by atoms with Crippen molar-refractivity contribution in [3.05, 3.63) is 93.0 Å². The van der Waals surface area contributed by atoms with Gasteiger partial charge in [0.2, 0.25) is 17.7 Å². The van der Waals surface area contributed by atoms with Gasteiger partial charge in [0.15, 0.2) is 0 Å². The number of phenols is 1. The number of imide groups is 1. The van der Waals surface area contributed by atoms with Crippen molar-refractivity contribution in [2.45, 2.75) is 22.7 Å². The highest BCUT2D eigenvalue weighted by Crippen LogP contribution is 2.53. The number of carbonyl (C=O) groups is 3. The highest BCUT2D eigenvalue weighted by molar-refractivity contribution is 8.00. The van der Waals surface area contributed by atoms with Crippen LogP contribution in [-0.4, -0.2) is 32.6 Å². The highest BCUT2D eigenvalue weighted by Gasteiger charge is 2.57. The Labute approximate surface area is 222 Å². The number of phenolic OH excluding ortho intramolecular Hbond substituents is 1. The number of furan rings is 1. The molecule has 0 bridgehead atoms. The average Bonchev–Trinajstić information content (AvgIpc) is 3.59. The zero-order valence-corrected chi connectivity index (χ0v) is 21.0. The number of carbonyl (C=O) groups excluding carboxylic acids is 3. The molecular weight excluding hydrogens is 533 g/mol. The Hall–Kier alpha value is -4.16. The first kappa shape index (κ1) is 24.2. The quantitative estimate of drug-likeness (QED) is 0.286. The second kappa shape index (κ2) is 9.30. The summed E-state index contributed by atoms with van der Waals surface area (Å²) in [5.74, 6) is -3.03. The number of benzene rings is 2. The van der Waals surface area contributed by atoms with Crippen LogP contribution in [-0.2, 0) is 20.9 Å². The molecule has 2 unspecified atom stereocenters. The molecule has 4 heterocycles. The fourth-order valence-electron chi connectivity index (χ4n) is 4.76. The Bertz CT molecular complexity index is 1610. The number of aromatic nitrogens is 1. The van der Waals surface area contributed by atoms with Gasteiger partial charge in [-0.2, -0.15) is 0 Å². The maximum absolute atomic E-state index is 13.6. The monoisotopic (exact) mass is 551 g/mol. The molecule has 2 aromatic heterocycles. The van der Waals surface area contributed by atoms with Crippen LogP contribution in [0.25, 0.3) is 0 Å². The second-order valence-electron chi connectivity index (χ2n) is 8.76. The molecule has 9 nitrogen and oxygen atoms in total. The summed E-state index contributed by atoms with van der Waals surface area (Å²) in [6, 6.07) is 14.3. The molecule has 2 aliphatic heterocycles. The van der Waals surface area contributed by atoms with E-state index in [0.717, 1.165) is 28.0 Å². The number of halogens is 1. The van der Waals surface area contributed by atoms with Crippen LogP contribution in [0.4, 0.5) is 15.8 Å². The fourth-order valence-corrected chi connectivity index (χ4v) is 7.52. The number of hydrogen-bond acceptors (Lipinski definition) is 8. The molecule has 0 aliphatic carbocycles. The van der Waals surface area contributed by atoms with Gasteiger partial charge in [-0.05, 0) is 60.7 Å². The molecule has 4 aromatic rings. The lowest BCUT2D eigenvalue weighted by molar-refractivity contribution is -0.122. The largest absolute Gasteiger partial charge is 0.508 e.